The van der Waals surface area contributed by atoms with E-state index in [0.717, 1.165) is 56.7 Å². The molecule has 0 aromatic carbocycles. The molecule has 0 bridgehead atoms. The van der Waals surface area contributed by atoms with Gasteiger partial charge in [0.15, 0.2) is 0 Å². The SMILES string of the molecule is CCc1c(C)cc(C(=O)N2CCCC3(CCNC3)C2)c(=O)n1C. The van der Waals surface area contributed by atoms with E-state index in [1.165, 1.54) is 6.42 Å². The topological polar surface area (TPSA) is 54.3 Å². The molecule has 2 aliphatic rings. The quantitative estimate of drug-likeness (QED) is 0.899. The van der Waals surface area contributed by atoms with Crippen LogP contribution in [0, 0.1) is 12.3 Å². The van der Waals surface area contributed by atoms with E-state index in [4.69, 9.17) is 0 Å². The van der Waals surface area contributed by atoms with Crippen LogP contribution >= 0.6 is 0 Å². The van der Waals surface area contributed by atoms with Gasteiger partial charge in [0.05, 0.1) is 0 Å². The lowest BCUT2D eigenvalue weighted by atomic mass is 9.79. The van der Waals surface area contributed by atoms with Crippen molar-refractivity contribution in [3.8, 4) is 0 Å². The van der Waals surface area contributed by atoms with Crippen molar-refractivity contribution in [1.29, 1.82) is 0 Å². The van der Waals surface area contributed by atoms with Gasteiger partial charge in [-0.1, -0.05) is 6.92 Å². The van der Waals surface area contributed by atoms with Gasteiger partial charge in [0.1, 0.15) is 5.56 Å². The first-order valence-electron chi connectivity index (χ1n) is 8.67. The van der Waals surface area contributed by atoms with Gasteiger partial charge in [0.2, 0.25) is 0 Å². The molecular formula is C18H27N3O2. The Labute approximate surface area is 137 Å². The number of nitrogens with zero attached hydrogens (tertiary/aromatic N) is 2. The van der Waals surface area contributed by atoms with Crippen LogP contribution in [0.4, 0.5) is 0 Å². The van der Waals surface area contributed by atoms with Crippen LogP contribution in [0.1, 0.15) is 47.8 Å². The third-order valence-corrected chi connectivity index (χ3v) is 5.60. The van der Waals surface area contributed by atoms with E-state index in [2.05, 4.69) is 5.32 Å². The van der Waals surface area contributed by atoms with Gasteiger partial charge in [0, 0.05) is 37.8 Å². The number of amides is 1. The van der Waals surface area contributed by atoms with Crippen LogP contribution in [-0.2, 0) is 13.5 Å². The summed E-state index contributed by atoms with van der Waals surface area (Å²) >= 11 is 0. The largest absolute Gasteiger partial charge is 0.338 e. The van der Waals surface area contributed by atoms with Crippen molar-refractivity contribution in [3.63, 3.8) is 0 Å². The van der Waals surface area contributed by atoms with Crippen molar-refractivity contribution >= 4 is 5.91 Å². The summed E-state index contributed by atoms with van der Waals surface area (Å²) in [7, 11) is 1.77. The van der Waals surface area contributed by atoms with Gasteiger partial charge in [-0.3, -0.25) is 9.59 Å². The molecule has 1 unspecified atom stereocenters. The van der Waals surface area contributed by atoms with Crippen LogP contribution in [0.2, 0.25) is 0 Å². The predicted molar refractivity (Wildman–Crippen MR) is 90.9 cm³/mol. The van der Waals surface area contributed by atoms with Gasteiger partial charge in [-0.25, -0.2) is 0 Å². The van der Waals surface area contributed by atoms with Crippen molar-refractivity contribution in [3.05, 3.63) is 33.2 Å². The van der Waals surface area contributed by atoms with E-state index in [0.29, 0.717) is 5.56 Å². The summed E-state index contributed by atoms with van der Waals surface area (Å²) in [6.45, 7) is 7.57. The zero-order valence-corrected chi connectivity index (χ0v) is 14.4. The van der Waals surface area contributed by atoms with E-state index in [1.807, 2.05) is 18.7 Å². The fraction of sp³-hybridized carbons (Fsp3) is 0.667. The minimum atomic E-state index is -0.165. The normalized spacial score (nSPS) is 24.4. The maximum atomic E-state index is 13.0. The fourth-order valence-corrected chi connectivity index (χ4v) is 4.29. The number of aromatic nitrogens is 1. The average molecular weight is 317 g/mol. The highest BCUT2D eigenvalue weighted by Crippen LogP contribution is 2.35. The predicted octanol–water partition coefficient (Wildman–Crippen LogP) is 1.47. The maximum Gasteiger partial charge on any atom is 0.263 e. The van der Waals surface area contributed by atoms with Crippen molar-refractivity contribution in [2.24, 2.45) is 12.5 Å². The summed E-state index contributed by atoms with van der Waals surface area (Å²) in [6.07, 6.45) is 4.13. The number of hydrogen-bond donors (Lipinski definition) is 1. The summed E-state index contributed by atoms with van der Waals surface area (Å²) < 4.78 is 1.64. The molecule has 1 N–H and O–H groups in total. The second-order valence-corrected chi connectivity index (χ2v) is 7.16. The van der Waals surface area contributed by atoms with Crippen LogP contribution in [0.3, 0.4) is 0 Å². The zero-order valence-electron chi connectivity index (χ0n) is 14.4. The zero-order chi connectivity index (χ0) is 16.6. The van der Waals surface area contributed by atoms with Gasteiger partial charge in [-0.15, -0.1) is 0 Å². The summed E-state index contributed by atoms with van der Waals surface area (Å²) in [5.74, 6) is -0.0951. The second-order valence-electron chi connectivity index (χ2n) is 7.16. The monoisotopic (exact) mass is 317 g/mol. The number of aryl methyl sites for hydroxylation is 1. The van der Waals surface area contributed by atoms with Crippen LogP contribution in [0.15, 0.2) is 10.9 Å². The molecule has 5 nitrogen and oxygen atoms in total. The van der Waals surface area contributed by atoms with Crippen LogP contribution in [-0.4, -0.2) is 41.6 Å². The molecule has 1 amide bonds. The summed E-state index contributed by atoms with van der Waals surface area (Å²) in [5.41, 5.74) is 2.40. The van der Waals surface area contributed by atoms with Gasteiger partial charge in [-0.05, 0) is 50.8 Å². The van der Waals surface area contributed by atoms with Crippen molar-refractivity contribution in [2.75, 3.05) is 26.2 Å². The van der Waals surface area contributed by atoms with Gasteiger partial charge in [-0.2, -0.15) is 0 Å². The lowest BCUT2D eigenvalue weighted by molar-refractivity contribution is 0.0551. The number of rotatable bonds is 2. The van der Waals surface area contributed by atoms with Crippen molar-refractivity contribution < 1.29 is 4.79 Å². The number of hydrogen-bond acceptors (Lipinski definition) is 3. The van der Waals surface area contributed by atoms with Crippen molar-refractivity contribution in [1.82, 2.24) is 14.8 Å². The summed E-state index contributed by atoms with van der Waals surface area (Å²) in [5, 5.41) is 3.42. The highest BCUT2D eigenvalue weighted by Gasteiger charge is 2.39. The number of nitrogens with one attached hydrogen (secondary N) is 1. The highest BCUT2D eigenvalue weighted by molar-refractivity contribution is 5.94. The molecule has 0 aliphatic carbocycles. The molecule has 3 rings (SSSR count). The van der Waals surface area contributed by atoms with Crippen LogP contribution in [0.25, 0.3) is 0 Å². The number of carbonyl (C=O) groups excluding carboxylic acids is 1. The summed E-state index contributed by atoms with van der Waals surface area (Å²) in [4.78, 5) is 27.5. The molecule has 2 aliphatic heterocycles. The second kappa shape index (κ2) is 6.11. The Morgan fingerprint density at radius 3 is 2.83 bits per heavy atom. The van der Waals surface area contributed by atoms with E-state index >= 15 is 0 Å². The molecule has 126 valence electrons. The van der Waals surface area contributed by atoms with Crippen molar-refractivity contribution in [2.45, 2.75) is 39.5 Å². The molecule has 1 atom stereocenters. The minimum absolute atomic E-state index is 0.0951. The Balaban J connectivity index is 1.90. The first kappa shape index (κ1) is 16.2. The molecule has 2 fully saturated rings. The maximum absolute atomic E-state index is 13.0. The molecule has 23 heavy (non-hydrogen) atoms. The third kappa shape index (κ3) is 2.82. The van der Waals surface area contributed by atoms with Gasteiger partial charge >= 0.3 is 0 Å². The Bertz CT molecular complexity index is 672. The van der Waals surface area contributed by atoms with E-state index in [1.54, 1.807) is 17.7 Å². The molecule has 5 heteroatoms. The molecule has 1 spiro atoms. The molecule has 3 heterocycles. The Hall–Kier alpha value is -1.62. The van der Waals surface area contributed by atoms with Gasteiger partial charge in [0.25, 0.3) is 11.5 Å². The summed E-state index contributed by atoms with van der Waals surface area (Å²) in [6, 6.07) is 1.79. The van der Waals surface area contributed by atoms with Crippen LogP contribution < -0.4 is 10.9 Å². The number of piperidine rings is 1. The highest BCUT2D eigenvalue weighted by atomic mass is 16.2. The first-order valence-corrected chi connectivity index (χ1v) is 8.67. The molecular weight excluding hydrogens is 290 g/mol. The Kier molecular flexibility index (Phi) is 4.32. The number of carbonyl (C=O) groups is 1. The average Bonchev–Trinajstić information content (AvgIpc) is 2.98. The number of pyridine rings is 1. The molecule has 0 radical (unpaired) electrons. The fourth-order valence-electron chi connectivity index (χ4n) is 4.29. The Morgan fingerprint density at radius 2 is 2.17 bits per heavy atom. The van der Waals surface area contributed by atoms with E-state index in [9.17, 15) is 9.59 Å². The van der Waals surface area contributed by atoms with E-state index < -0.39 is 0 Å². The lowest BCUT2D eigenvalue weighted by Crippen LogP contribution is -2.48. The molecule has 0 saturated carbocycles. The standard InChI is InChI=1S/C18H27N3O2/c1-4-15-13(2)10-14(16(22)20(15)3)17(23)21-9-5-6-18(12-21)7-8-19-11-18/h10,19H,4-9,11-12H2,1-3H3. The lowest BCUT2D eigenvalue weighted by Gasteiger charge is -2.40. The smallest absolute Gasteiger partial charge is 0.263 e. The van der Waals surface area contributed by atoms with Gasteiger partial charge < -0.3 is 14.8 Å². The Morgan fingerprint density at radius 1 is 1.39 bits per heavy atom. The minimum Gasteiger partial charge on any atom is -0.338 e. The van der Waals surface area contributed by atoms with Crippen LogP contribution in [0.5, 0.6) is 0 Å². The first-order chi connectivity index (χ1) is 11.0. The molecule has 1 aromatic heterocycles. The molecule has 1 aromatic rings. The number of likely N-dealkylation sites (tertiary alicyclic amines) is 1. The van der Waals surface area contributed by atoms with E-state index in [-0.39, 0.29) is 16.9 Å². The molecule has 2 saturated heterocycles. The third-order valence-electron chi connectivity index (χ3n) is 5.60.